The van der Waals surface area contributed by atoms with Crippen LogP contribution in [-0.2, 0) is 4.74 Å². The van der Waals surface area contributed by atoms with Gasteiger partial charge in [-0.05, 0) is 0 Å². The minimum Gasteiger partial charge on any atom is -0.384 e. The highest BCUT2D eigenvalue weighted by Gasteiger charge is 2.03. The maximum atomic E-state index is 5.83. The lowest BCUT2D eigenvalue weighted by molar-refractivity contribution is 0.218. The van der Waals surface area contributed by atoms with Gasteiger partial charge in [-0.25, -0.2) is 9.97 Å². The van der Waals surface area contributed by atoms with Gasteiger partial charge in [-0.15, -0.1) is 11.8 Å². The lowest BCUT2D eigenvalue weighted by atomic mass is 10.7. The second kappa shape index (κ2) is 5.26. The summed E-state index contributed by atoms with van der Waals surface area (Å²) in [6, 6.07) is 0. The van der Waals surface area contributed by atoms with Gasteiger partial charge in [-0.2, -0.15) is 0 Å². The molecular weight excluding hydrogens is 210 g/mol. The first-order valence-electron chi connectivity index (χ1n) is 3.64. The second-order valence-corrected chi connectivity index (χ2v) is 3.71. The molecule has 1 aromatic rings. The molecule has 13 heavy (non-hydrogen) atoms. The predicted octanol–water partition coefficient (Wildman–Crippen LogP) is 1.45. The van der Waals surface area contributed by atoms with Crippen molar-refractivity contribution in [3.63, 3.8) is 0 Å². The molecule has 0 bridgehead atoms. The Balaban J connectivity index is 2.59. The Bertz CT molecular complexity index is 284. The summed E-state index contributed by atoms with van der Waals surface area (Å²) in [5, 5.41) is 1.22. The van der Waals surface area contributed by atoms with Crippen LogP contribution in [0.1, 0.15) is 0 Å². The fourth-order valence-corrected chi connectivity index (χ4v) is 1.73. The van der Waals surface area contributed by atoms with E-state index in [9.17, 15) is 0 Å². The second-order valence-electron chi connectivity index (χ2n) is 2.22. The number of thioether (sulfide) groups is 1. The number of methoxy groups -OCH3 is 1. The van der Waals surface area contributed by atoms with Gasteiger partial charge in [-0.3, -0.25) is 0 Å². The number of nitrogens with two attached hydrogens (primary N) is 1. The smallest absolute Gasteiger partial charge is 0.221 e. The Hall–Kier alpha value is -0.520. The zero-order valence-corrected chi connectivity index (χ0v) is 8.73. The Morgan fingerprint density at radius 2 is 2.46 bits per heavy atom. The van der Waals surface area contributed by atoms with Gasteiger partial charge < -0.3 is 10.5 Å². The van der Waals surface area contributed by atoms with Crippen molar-refractivity contribution in [1.29, 1.82) is 0 Å². The molecule has 0 spiro atoms. The molecule has 0 unspecified atom stereocenters. The molecular formula is C7H10ClN3OS. The van der Waals surface area contributed by atoms with Gasteiger partial charge in [0.1, 0.15) is 5.03 Å². The maximum Gasteiger partial charge on any atom is 0.221 e. The molecule has 0 atom stereocenters. The molecule has 2 N–H and O–H groups in total. The van der Waals surface area contributed by atoms with Crippen molar-refractivity contribution in [3.05, 3.63) is 11.2 Å². The molecule has 0 saturated carbocycles. The van der Waals surface area contributed by atoms with Crippen molar-refractivity contribution in [2.45, 2.75) is 5.03 Å². The van der Waals surface area contributed by atoms with Crippen LogP contribution < -0.4 is 5.73 Å². The number of anilines is 1. The summed E-state index contributed by atoms with van der Waals surface area (Å²) >= 11 is 7.33. The number of hydrogen-bond donors (Lipinski definition) is 1. The number of aromatic nitrogens is 2. The van der Waals surface area contributed by atoms with Crippen molar-refractivity contribution in [2.75, 3.05) is 25.2 Å². The van der Waals surface area contributed by atoms with Gasteiger partial charge >= 0.3 is 0 Å². The van der Waals surface area contributed by atoms with E-state index < -0.39 is 0 Å². The van der Waals surface area contributed by atoms with Crippen molar-refractivity contribution < 1.29 is 4.74 Å². The summed E-state index contributed by atoms with van der Waals surface area (Å²) < 4.78 is 4.90. The van der Waals surface area contributed by atoms with Crippen LogP contribution >= 0.6 is 23.4 Å². The van der Waals surface area contributed by atoms with E-state index in [1.807, 2.05) is 0 Å². The van der Waals surface area contributed by atoms with E-state index in [1.54, 1.807) is 7.11 Å². The van der Waals surface area contributed by atoms with Crippen molar-refractivity contribution in [3.8, 4) is 0 Å². The molecule has 1 aromatic heterocycles. The highest BCUT2D eigenvalue weighted by atomic mass is 35.5. The van der Waals surface area contributed by atoms with Crippen LogP contribution in [0.2, 0.25) is 5.02 Å². The summed E-state index contributed by atoms with van der Waals surface area (Å²) in [7, 11) is 1.65. The van der Waals surface area contributed by atoms with Crippen LogP contribution in [0, 0.1) is 0 Å². The number of rotatable bonds is 4. The van der Waals surface area contributed by atoms with Crippen LogP contribution in [0.25, 0.3) is 0 Å². The number of hydrogen-bond acceptors (Lipinski definition) is 5. The summed E-state index contributed by atoms with van der Waals surface area (Å²) in [6.07, 6.45) is 1.50. The van der Waals surface area contributed by atoms with E-state index in [1.165, 1.54) is 18.0 Å². The Labute approximate surface area is 85.8 Å². The number of halogens is 1. The average Bonchev–Trinajstić information content (AvgIpc) is 2.11. The molecule has 72 valence electrons. The highest BCUT2D eigenvalue weighted by Crippen LogP contribution is 2.24. The van der Waals surface area contributed by atoms with E-state index >= 15 is 0 Å². The van der Waals surface area contributed by atoms with Gasteiger partial charge in [0.15, 0.2) is 0 Å². The standard InChI is InChI=1S/C7H10ClN3OS/c1-12-2-3-13-6-5(8)4-10-7(9)11-6/h4H,2-3H2,1H3,(H2,9,10,11). The summed E-state index contributed by atoms with van der Waals surface area (Å²) in [5.41, 5.74) is 5.41. The first-order chi connectivity index (χ1) is 6.24. The third-order valence-corrected chi connectivity index (χ3v) is 2.60. The van der Waals surface area contributed by atoms with Crippen LogP contribution in [0.4, 0.5) is 5.95 Å². The lowest BCUT2D eigenvalue weighted by Crippen LogP contribution is -1.97. The minimum absolute atomic E-state index is 0.240. The topological polar surface area (TPSA) is 61.0 Å². The van der Waals surface area contributed by atoms with E-state index in [2.05, 4.69) is 9.97 Å². The van der Waals surface area contributed by atoms with E-state index in [-0.39, 0.29) is 5.95 Å². The van der Waals surface area contributed by atoms with Crippen molar-refractivity contribution in [2.24, 2.45) is 0 Å². The van der Waals surface area contributed by atoms with Gasteiger partial charge in [-0.1, -0.05) is 11.6 Å². The van der Waals surface area contributed by atoms with Gasteiger partial charge in [0, 0.05) is 12.9 Å². The number of nitrogen functional groups attached to an aromatic ring is 1. The summed E-state index contributed by atoms with van der Waals surface area (Å²) in [5.74, 6) is 1.04. The van der Waals surface area contributed by atoms with E-state index in [0.29, 0.717) is 16.7 Å². The maximum absolute atomic E-state index is 5.83. The lowest BCUT2D eigenvalue weighted by Gasteiger charge is -2.02. The number of nitrogens with zero attached hydrogens (tertiary/aromatic N) is 2. The average molecular weight is 220 g/mol. The molecule has 0 saturated heterocycles. The van der Waals surface area contributed by atoms with Crippen LogP contribution in [0.3, 0.4) is 0 Å². The van der Waals surface area contributed by atoms with Gasteiger partial charge in [0.05, 0.1) is 17.8 Å². The van der Waals surface area contributed by atoms with Gasteiger partial charge in [0.25, 0.3) is 0 Å². The van der Waals surface area contributed by atoms with Gasteiger partial charge in [0.2, 0.25) is 5.95 Å². The molecule has 4 nitrogen and oxygen atoms in total. The molecule has 0 aliphatic carbocycles. The molecule has 1 heterocycles. The van der Waals surface area contributed by atoms with Crippen LogP contribution in [0.5, 0.6) is 0 Å². The number of ether oxygens (including phenoxy) is 1. The minimum atomic E-state index is 0.240. The molecule has 6 heteroatoms. The fourth-order valence-electron chi connectivity index (χ4n) is 0.687. The Kier molecular flexibility index (Phi) is 4.27. The highest BCUT2D eigenvalue weighted by molar-refractivity contribution is 7.99. The summed E-state index contributed by atoms with van der Waals surface area (Å²) in [6.45, 7) is 0.658. The SMILES string of the molecule is COCCSc1nc(N)ncc1Cl. The molecule has 0 aliphatic rings. The van der Waals surface area contributed by atoms with Crippen molar-refractivity contribution >= 4 is 29.3 Å². The third kappa shape index (κ3) is 3.38. The third-order valence-electron chi connectivity index (χ3n) is 1.26. The fraction of sp³-hybridized carbons (Fsp3) is 0.429. The normalized spacial score (nSPS) is 10.3. The Morgan fingerprint density at radius 3 is 3.15 bits per heavy atom. The molecule has 0 fully saturated rings. The quantitative estimate of drug-likeness (QED) is 0.472. The molecule has 0 radical (unpaired) electrons. The molecule has 0 aromatic carbocycles. The van der Waals surface area contributed by atoms with Crippen LogP contribution in [-0.4, -0.2) is 29.4 Å². The predicted molar refractivity (Wildman–Crippen MR) is 54.1 cm³/mol. The molecule has 0 amide bonds. The first-order valence-corrected chi connectivity index (χ1v) is 5.00. The molecule has 0 aliphatic heterocycles. The monoisotopic (exact) mass is 219 g/mol. The van der Waals surface area contributed by atoms with Crippen LogP contribution in [0.15, 0.2) is 11.2 Å². The zero-order valence-electron chi connectivity index (χ0n) is 7.16. The largest absolute Gasteiger partial charge is 0.384 e. The Morgan fingerprint density at radius 1 is 1.69 bits per heavy atom. The molecule has 1 rings (SSSR count). The first kappa shape index (κ1) is 10.6. The van der Waals surface area contributed by atoms with E-state index in [0.717, 1.165) is 5.75 Å². The zero-order chi connectivity index (χ0) is 9.68. The van der Waals surface area contributed by atoms with Crippen molar-refractivity contribution in [1.82, 2.24) is 9.97 Å². The summed E-state index contributed by atoms with van der Waals surface area (Å²) in [4.78, 5) is 7.74. The van der Waals surface area contributed by atoms with E-state index in [4.69, 9.17) is 22.1 Å².